The van der Waals surface area contributed by atoms with Crippen LogP contribution in [0, 0.1) is 0 Å². The van der Waals surface area contributed by atoms with Crippen molar-refractivity contribution in [3.63, 3.8) is 0 Å². The topological polar surface area (TPSA) is 48.4 Å². The van der Waals surface area contributed by atoms with E-state index in [-0.39, 0.29) is 11.5 Å². The molecule has 1 aliphatic carbocycles. The van der Waals surface area contributed by atoms with Crippen LogP contribution in [-0.2, 0) is 9.53 Å². The quantitative estimate of drug-likeness (QED) is 0.770. The second-order valence-electron chi connectivity index (χ2n) is 6.66. The SMILES string of the molecule is CSC1N=C2C=CN(CC(=O)N3CCN(C4CCC4)CC3)C=C2O1. The van der Waals surface area contributed by atoms with Crippen molar-refractivity contribution in [3.8, 4) is 0 Å². The number of piperazine rings is 1. The monoisotopic (exact) mass is 348 g/mol. The zero-order valence-corrected chi connectivity index (χ0v) is 14.9. The fraction of sp³-hybridized carbons (Fsp3) is 0.647. The number of allylic oxidation sites excluding steroid dienone is 1. The maximum atomic E-state index is 12.6. The summed E-state index contributed by atoms with van der Waals surface area (Å²) in [6.07, 6.45) is 11.7. The van der Waals surface area contributed by atoms with Gasteiger partial charge in [0.25, 0.3) is 0 Å². The number of hydrogen-bond acceptors (Lipinski definition) is 6. The molecule has 0 aromatic carbocycles. The van der Waals surface area contributed by atoms with Gasteiger partial charge in [-0.3, -0.25) is 9.69 Å². The molecule has 1 unspecified atom stereocenters. The summed E-state index contributed by atoms with van der Waals surface area (Å²) in [6.45, 7) is 4.09. The Morgan fingerprint density at radius 1 is 1.33 bits per heavy atom. The molecule has 7 heteroatoms. The largest absolute Gasteiger partial charge is 0.456 e. The van der Waals surface area contributed by atoms with Gasteiger partial charge < -0.3 is 14.5 Å². The second kappa shape index (κ2) is 6.80. The summed E-state index contributed by atoms with van der Waals surface area (Å²) in [7, 11) is 0. The van der Waals surface area contributed by atoms with Crippen LogP contribution in [0.25, 0.3) is 0 Å². The van der Waals surface area contributed by atoms with Gasteiger partial charge in [0.1, 0.15) is 12.3 Å². The van der Waals surface area contributed by atoms with Crippen molar-refractivity contribution < 1.29 is 9.53 Å². The molecule has 1 saturated heterocycles. The molecule has 1 amide bonds. The van der Waals surface area contributed by atoms with Crippen LogP contribution in [0.1, 0.15) is 19.3 Å². The highest BCUT2D eigenvalue weighted by Crippen LogP contribution is 2.27. The fourth-order valence-electron chi connectivity index (χ4n) is 3.50. The van der Waals surface area contributed by atoms with Gasteiger partial charge in [-0.1, -0.05) is 18.2 Å². The van der Waals surface area contributed by atoms with Crippen LogP contribution >= 0.6 is 11.8 Å². The van der Waals surface area contributed by atoms with Crippen LogP contribution in [0.5, 0.6) is 0 Å². The highest BCUT2D eigenvalue weighted by Gasteiger charge is 2.30. The Bertz CT molecular complexity index is 591. The number of carbonyl (C=O) groups is 1. The zero-order chi connectivity index (χ0) is 16.5. The predicted octanol–water partition coefficient (Wildman–Crippen LogP) is 1.47. The summed E-state index contributed by atoms with van der Waals surface area (Å²) in [5.41, 5.74) is 0.707. The van der Waals surface area contributed by atoms with Crippen molar-refractivity contribution in [2.75, 3.05) is 39.0 Å². The van der Waals surface area contributed by atoms with Gasteiger partial charge in [-0.15, -0.1) is 0 Å². The molecule has 0 N–H and O–H groups in total. The maximum absolute atomic E-state index is 12.6. The molecule has 4 rings (SSSR count). The first-order chi connectivity index (χ1) is 11.7. The number of aliphatic imine (C=N–C) groups is 1. The molecule has 6 nitrogen and oxygen atoms in total. The molecular weight excluding hydrogens is 324 g/mol. The average molecular weight is 348 g/mol. The molecule has 0 spiro atoms. The van der Waals surface area contributed by atoms with E-state index < -0.39 is 0 Å². The number of carbonyl (C=O) groups excluding carboxylic acids is 1. The summed E-state index contributed by atoms with van der Waals surface area (Å²) in [5.74, 6) is 0.948. The first kappa shape index (κ1) is 16.0. The van der Waals surface area contributed by atoms with Gasteiger partial charge in [0.2, 0.25) is 11.5 Å². The zero-order valence-electron chi connectivity index (χ0n) is 14.1. The van der Waals surface area contributed by atoms with Crippen LogP contribution in [0.2, 0.25) is 0 Å². The standard InChI is InChI=1S/C17H24N4O2S/c1-24-17-18-14-5-6-19(11-15(14)23-17)12-16(22)21-9-7-20(8-10-21)13-3-2-4-13/h5-6,11,13,17H,2-4,7-10,12H2,1H3. The smallest absolute Gasteiger partial charge is 0.242 e. The summed E-state index contributed by atoms with van der Waals surface area (Å²) >= 11 is 1.56. The molecule has 130 valence electrons. The van der Waals surface area contributed by atoms with Gasteiger partial charge >= 0.3 is 0 Å². The van der Waals surface area contributed by atoms with Gasteiger partial charge in [-0.2, -0.15) is 0 Å². The van der Waals surface area contributed by atoms with Crippen LogP contribution in [0.4, 0.5) is 0 Å². The third-order valence-electron chi connectivity index (χ3n) is 5.21. The number of fused-ring (bicyclic) bond motifs is 1. The number of rotatable bonds is 4. The summed E-state index contributed by atoms with van der Waals surface area (Å²) in [4.78, 5) is 23.5. The van der Waals surface area contributed by atoms with E-state index in [0.29, 0.717) is 6.54 Å². The summed E-state index contributed by atoms with van der Waals surface area (Å²) < 4.78 is 5.73. The van der Waals surface area contributed by atoms with Crippen LogP contribution < -0.4 is 0 Å². The highest BCUT2D eigenvalue weighted by atomic mass is 32.2. The van der Waals surface area contributed by atoms with E-state index in [9.17, 15) is 4.79 Å². The Morgan fingerprint density at radius 2 is 2.12 bits per heavy atom. The molecule has 0 bridgehead atoms. The van der Waals surface area contributed by atoms with Gasteiger partial charge in [-0.25, -0.2) is 4.99 Å². The van der Waals surface area contributed by atoms with Crippen molar-refractivity contribution in [1.82, 2.24) is 14.7 Å². The second-order valence-corrected chi connectivity index (χ2v) is 7.53. The van der Waals surface area contributed by atoms with Gasteiger partial charge in [0, 0.05) is 44.6 Å². The van der Waals surface area contributed by atoms with E-state index in [4.69, 9.17) is 4.74 Å². The Labute approximate surface area is 147 Å². The Kier molecular flexibility index (Phi) is 4.54. The number of ether oxygens (including phenoxy) is 1. The number of nitrogens with zero attached hydrogens (tertiary/aromatic N) is 4. The lowest BCUT2D eigenvalue weighted by Crippen LogP contribution is -2.54. The Hall–Kier alpha value is -1.47. The molecule has 0 aromatic heterocycles. The van der Waals surface area contributed by atoms with Gasteiger partial charge in [0.15, 0.2) is 5.76 Å². The molecule has 24 heavy (non-hydrogen) atoms. The molecule has 1 atom stereocenters. The molecule has 3 heterocycles. The number of hydrogen-bond donors (Lipinski definition) is 0. The molecule has 4 aliphatic rings. The minimum Gasteiger partial charge on any atom is -0.456 e. The van der Waals surface area contributed by atoms with Crippen LogP contribution in [0.3, 0.4) is 0 Å². The molecule has 0 radical (unpaired) electrons. The van der Waals surface area contributed by atoms with Gasteiger partial charge in [-0.05, 0) is 25.2 Å². The normalized spacial score (nSPS) is 27.3. The lowest BCUT2D eigenvalue weighted by atomic mass is 9.91. The molecule has 1 saturated carbocycles. The number of amides is 1. The first-order valence-corrected chi connectivity index (χ1v) is 9.97. The number of thioether (sulfide) groups is 1. The lowest BCUT2D eigenvalue weighted by Gasteiger charge is -2.43. The third kappa shape index (κ3) is 3.19. The molecule has 3 aliphatic heterocycles. The maximum Gasteiger partial charge on any atom is 0.242 e. The Balaban J connectivity index is 1.29. The van der Waals surface area contributed by atoms with E-state index in [1.165, 1.54) is 19.3 Å². The van der Waals surface area contributed by atoms with Crippen molar-refractivity contribution in [1.29, 1.82) is 0 Å². The van der Waals surface area contributed by atoms with Crippen molar-refractivity contribution in [2.45, 2.75) is 30.9 Å². The van der Waals surface area contributed by atoms with E-state index in [0.717, 1.165) is 43.7 Å². The summed E-state index contributed by atoms with van der Waals surface area (Å²) in [5, 5.41) is 0. The van der Waals surface area contributed by atoms with Crippen LogP contribution in [-0.4, -0.2) is 76.9 Å². The van der Waals surface area contributed by atoms with Crippen molar-refractivity contribution in [3.05, 3.63) is 24.2 Å². The molecular formula is C17H24N4O2S. The van der Waals surface area contributed by atoms with E-state index >= 15 is 0 Å². The van der Waals surface area contributed by atoms with E-state index in [1.54, 1.807) is 11.8 Å². The highest BCUT2D eigenvalue weighted by molar-refractivity contribution is 7.99. The van der Waals surface area contributed by atoms with Crippen molar-refractivity contribution in [2.24, 2.45) is 4.99 Å². The fourth-order valence-corrected chi connectivity index (χ4v) is 3.92. The predicted molar refractivity (Wildman–Crippen MR) is 95.5 cm³/mol. The summed E-state index contributed by atoms with van der Waals surface area (Å²) in [6, 6.07) is 0.776. The lowest BCUT2D eigenvalue weighted by molar-refractivity contribution is -0.133. The van der Waals surface area contributed by atoms with E-state index in [1.807, 2.05) is 34.5 Å². The average Bonchev–Trinajstić information content (AvgIpc) is 2.96. The molecule has 2 fully saturated rings. The third-order valence-corrected chi connectivity index (χ3v) is 5.81. The minimum absolute atomic E-state index is 0.161. The van der Waals surface area contributed by atoms with E-state index in [2.05, 4.69) is 9.89 Å². The first-order valence-electron chi connectivity index (χ1n) is 8.68. The Morgan fingerprint density at radius 3 is 2.79 bits per heavy atom. The minimum atomic E-state index is -0.161. The van der Waals surface area contributed by atoms with Crippen molar-refractivity contribution >= 4 is 23.4 Å². The van der Waals surface area contributed by atoms with Crippen LogP contribution in [0.15, 0.2) is 29.2 Å². The molecule has 0 aromatic rings. The van der Waals surface area contributed by atoms with Gasteiger partial charge in [0.05, 0.1) is 0 Å².